The van der Waals surface area contributed by atoms with E-state index < -0.39 is 5.97 Å². The third-order valence-corrected chi connectivity index (χ3v) is 3.33. The maximum absolute atomic E-state index is 11.0. The lowest BCUT2D eigenvalue weighted by molar-refractivity contribution is 0.0697. The first-order valence-corrected chi connectivity index (χ1v) is 6.57. The molecule has 3 aromatic rings. The Morgan fingerprint density at radius 2 is 1.95 bits per heavy atom. The summed E-state index contributed by atoms with van der Waals surface area (Å²) in [5, 5.41) is 9.58. The SMILES string of the molecule is O=C(O)c1cccc(-c2ncc(-c3ccccc3Cl)o2)c1. The average molecular weight is 300 g/mol. The number of carboxylic acid groups (broad SMARTS) is 1. The topological polar surface area (TPSA) is 63.3 Å². The Morgan fingerprint density at radius 1 is 1.14 bits per heavy atom. The number of rotatable bonds is 3. The average Bonchev–Trinajstić information content (AvgIpc) is 2.97. The number of aromatic nitrogens is 1. The van der Waals surface area contributed by atoms with Crippen molar-refractivity contribution in [3.63, 3.8) is 0 Å². The maximum Gasteiger partial charge on any atom is 0.335 e. The van der Waals surface area contributed by atoms with Crippen molar-refractivity contribution in [2.24, 2.45) is 0 Å². The van der Waals surface area contributed by atoms with Crippen molar-refractivity contribution in [1.82, 2.24) is 4.98 Å². The van der Waals surface area contributed by atoms with Crippen molar-refractivity contribution in [3.05, 3.63) is 65.3 Å². The Labute approximate surface area is 125 Å². The molecule has 0 radical (unpaired) electrons. The van der Waals surface area contributed by atoms with E-state index in [2.05, 4.69) is 4.98 Å². The molecule has 2 aromatic carbocycles. The normalized spacial score (nSPS) is 10.5. The fraction of sp³-hybridized carbons (Fsp3) is 0. The molecule has 5 heteroatoms. The molecule has 0 aliphatic heterocycles. The summed E-state index contributed by atoms with van der Waals surface area (Å²) in [6.07, 6.45) is 1.57. The summed E-state index contributed by atoms with van der Waals surface area (Å²) in [6, 6.07) is 13.7. The lowest BCUT2D eigenvalue weighted by atomic mass is 10.1. The third-order valence-electron chi connectivity index (χ3n) is 3.00. The number of halogens is 1. The van der Waals surface area contributed by atoms with E-state index in [-0.39, 0.29) is 5.56 Å². The summed E-state index contributed by atoms with van der Waals surface area (Å²) in [4.78, 5) is 15.2. The van der Waals surface area contributed by atoms with Crippen molar-refractivity contribution in [3.8, 4) is 22.8 Å². The second-order valence-electron chi connectivity index (χ2n) is 4.40. The van der Waals surface area contributed by atoms with Crippen molar-refractivity contribution in [1.29, 1.82) is 0 Å². The molecule has 0 unspecified atom stereocenters. The summed E-state index contributed by atoms with van der Waals surface area (Å²) in [7, 11) is 0. The van der Waals surface area contributed by atoms with E-state index in [1.165, 1.54) is 12.1 Å². The fourth-order valence-corrected chi connectivity index (χ4v) is 2.21. The molecule has 0 atom stereocenters. The van der Waals surface area contributed by atoms with Crippen molar-refractivity contribution >= 4 is 17.6 Å². The minimum Gasteiger partial charge on any atom is -0.478 e. The Bertz CT molecular complexity index is 811. The number of hydrogen-bond acceptors (Lipinski definition) is 3. The number of oxazole rings is 1. The van der Waals surface area contributed by atoms with E-state index in [1.807, 2.05) is 18.2 Å². The van der Waals surface area contributed by atoms with Crippen LogP contribution in [0.5, 0.6) is 0 Å². The van der Waals surface area contributed by atoms with Crippen molar-refractivity contribution in [2.45, 2.75) is 0 Å². The smallest absolute Gasteiger partial charge is 0.335 e. The van der Waals surface area contributed by atoms with Gasteiger partial charge in [0.05, 0.1) is 16.8 Å². The van der Waals surface area contributed by atoms with E-state index in [0.29, 0.717) is 22.2 Å². The van der Waals surface area contributed by atoms with Gasteiger partial charge in [-0.3, -0.25) is 0 Å². The van der Waals surface area contributed by atoms with Crippen molar-refractivity contribution in [2.75, 3.05) is 0 Å². The van der Waals surface area contributed by atoms with Crippen LogP contribution in [0.15, 0.2) is 59.1 Å². The molecule has 1 heterocycles. The van der Waals surface area contributed by atoms with Gasteiger partial charge in [0.2, 0.25) is 5.89 Å². The first-order chi connectivity index (χ1) is 10.1. The summed E-state index contributed by atoms with van der Waals surface area (Å²) in [6.45, 7) is 0. The van der Waals surface area contributed by atoms with E-state index in [0.717, 1.165) is 5.56 Å². The summed E-state index contributed by atoms with van der Waals surface area (Å²) in [5.74, 6) is -0.0981. The minimum atomic E-state index is -0.991. The first kappa shape index (κ1) is 13.4. The van der Waals surface area contributed by atoms with Crippen LogP contribution in [0, 0.1) is 0 Å². The highest BCUT2D eigenvalue weighted by Gasteiger charge is 2.12. The molecule has 4 nitrogen and oxygen atoms in total. The molecule has 0 bridgehead atoms. The highest BCUT2D eigenvalue weighted by atomic mass is 35.5. The highest BCUT2D eigenvalue weighted by Crippen LogP contribution is 2.30. The van der Waals surface area contributed by atoms with Gasteiger partial charge in [-0.1, -0.05) is 29.8 Å². The molecule has 0 aliphatic carbocycles. The Hall–Kier alpha value is -2.59. The van der Waals surface area contributed by atoms with Crippen LogP contribution in [0.1, 0.15) is 10.4 Å². The molecular formula is C16H10ClNO3. The lowest BCUT2D eigenvalue weighted by Crippen LogP contribution is -1.95. The van der Waals surface area contributed by atoms with Crippen LogP contribution >= 0.6 is 11.6 Å². The molecule has 1 aromatic heterocycles. The van der Waals surface area contributed by atoms with Crippen LogP contribution in [0.3, 0.4) is 0 Å². The largest absolute Gasteiger partial charge is 0.478 e. The standard InChI is InChI=1S/C16H10ClNO3/c17-13-7-2-1-6-12(13)14-9-18-15(21-14)10-4-3-5-11(8-10)16(19)20/h1-9H,(H,19,20). The van der Waals surface area contributed by atoms with Gasteiger partial charge in [-0.2, -0.15) is 0 Å². The van der Waals surface area contributed by atoms with Gasteiger partial charge in [0.15, 0.2) is 5.76 Å². The molecule has 0 spiro atoms. The van der Waals surface area contributed by atoms with Crippen LogP contribution in [0.25, 0.3) is 22.8 Å². The van der Waals surface area contributed by atoms with Crippen molar-refractivity contribution < 1.29 is 14.3 Å². The number of hydrogen-bond donors (Lipinski definition) is 1. The predicted octanol–water partition coefficient (Wildman–Crippen LogP) is 4.36. The maximum atomic E-state index is 11.0. The summed E-state index contributed by atoms with van der Waals surface area (Å²) in [5.41, 5.74) is 1.53. The van der Waals surface area contributed by atoms with Gasteiger partial charge in [0, 0.05) is 11.1 Å². The van der Waals surface area contributed by atoms with Gasteiger partial charge in [0.1, 0.15) is 0 Å². The van der Waals surface area contributed by atoms with Gasteiger partial charge < -0.3 is 9.52 Å². The summed E-state index contributed by atoms with van der Waals surface area (Å²) < 4.78 is 5.68. The van der Waals surface area contributed by atoms with Crippen LogP contribution < -0.4 is 0 Å². The van der Waals surface area contributed by atoms with E-state index in [4.69, 9.17) is 21.1 Å². The second-order valence-corrected chi connectivity index (χ2v) is 4.80. The first-order valence-electron chi connectivity index (χ1n) is 6.19. The minimum absolute atomic E-state index is 0.185. The molecule has 0 saturated heterocycles. The zero-order valence-electron chi connectivity index (χ0n) is 10.8. The van der Waals surface area contributed by atoms with Gasteiger partial charge >= 0.3 is 5.97 Å². The Balaban J connectivity index is 2.01. The molecule has 0 fully saturated rings. The van der Waals surface area contributed by atoms with Crippen LogP contribution in [0.2, 0.25) is 5.02 Å². The molecule has 0 saturated carbocycles. The number of carboxylic acids is 1. The number of nitrogens with zero attached hydrogens (tertiary/aromatic N) is 1. The van der Waals surface area contributed by atoms with Crippen LogP contribution in [-0.4, -0.2) is 16.1 Å². The predicted molar refractivity (Wildman–Crippen MR) is 79.3 cm³/mol. The lowest BCUT2D eigenvalue weighted by Gasteiger charge is -2.00. The molecule has 1 N–H and O–H groups in total. The zero-order chi connectivity index (χ0) is 14.8. The number of benzene rings is 2. The van der Waals surface area contributed by atoms with Gasteiger partial charge in [-0.05, 0) is 30.3 Å². The second kappa shape index (κ2) is 5.42. The van der Waals surface area contributed by atoms with E-state index in [9.17, 15) is 4.79 Å². The highest BCUT2D eigenvalue weighted by molar-refractivity contribution is 6.33. The molecule has 21 heavy (non-hydrogen) atoms. The van der Waals surface area contributed by atoms with Crippen LogP contribution in [0.4, 0.5) is 0 Å². The molecule has 0 amide bonds. The Kier molecular flexibility index (Phi) is 3.46. The Morgan fingerprint density at radius 3 is 2.71 bits per heavy atom. The number of aromatic carboxylic acids is 1. The summed E-state index contributed by atoms with van der Waals surface area (Å²) >= 11 is 6.12. The number of carbonyl (C=O) groups is 1. The molecule has 3 rings (SSSR count). The molecule has 104 valence electrons. The molecular weight excluding hydrogens is 290 g/mol. The molecule has 0 aliphatic rings. The van der Waals surface area contributed by atoms with Crippen LogP contribution in [-0.2, 0) is 0 Å². The van der Waals surface area contributed by atoms with Gasteiger partial charge in [0.25, 0.3) is 0 Å². The van der Waals surface area contributed by atoms with Gasteiger partial charge in [-0.25, -0.2) is 9.78 Å². The monoisotopic (exact) mass is 299 g/mol. The fourth-order valence-electron chi connectivity index (χ4n) is 1.98. The van der Waals surface area contributed by atoms with E-state index >= 15 is 0 Å². The van der Waals surface area contributed by atoms with Gasteiger partial charge in [-0.15, -0.1) is 0 Å². The van der Waals surface area contributed by atoms with E-state index in [1.54, 1.807) is 24.4 Å². The zero-order valence-corrected chi connectivity index (χ0v) is 11.5. The quantitative estimate of drug-likeness (QED) is 0.780. The third kappa shape index (κ3) is 2.66.